The number of nitrogens with zero attached hydrogens (tertiary/aromatic N) is 1. The Morgan fingerprint density at radius 2 is 2.00 bits per heavy atom. The van der Waals surface area contributed by atoms with E-state index in [-0.39, 0.29) is 6.54 Å². The van der Waals surface area contributed by atoms with Crippen LogP contribution in [0.2, 0.25) is 0 Å². The first kappa shape index (κ1) is 13.5. The van der Waals surface area contributed by atoms with E-state index < -0.39 is 12.1 Å². The van der Waals surface area contributed by atoms with Gasteiger partial charge in [0.15, 0.2) is 0 Å². The van der Waals surface area contributed by atoms with Crippen molar-refractivity contribution in [3.05, 3.63) is 36.0 Å². The first-order chi connectivity index (χ1) is 8.89. The van der Waals surface area contributed by atoms with Crippen LogP contribution in [0.15, 0.2) is 30.3 Å². The number of fused-ring (bicyclic) bond motifs is 1. The highest BCUT2D eigenvalue weighted by molar-refractivity contribution is 5.82. The molecule has 1 heterocycles. The lowest BCUT2D eigenvalue weighted by Crippen LogP contribution is -2.37. The summed E-state index contributed by atoms with van der Waals surface area (Å²) in [6.07, 6.45) is -4.47. The van der Waals surface area contributed by atoms with Crippen LogP contribution in [0.1, 0.15) is 5.69 Å². The summed E-state index contributed by atoms with van der Waals surface area (Å²) in [4.78, 5) is 10.7. The van der Waals surface area contributed by atoms with Crippen LogP contribution in [0, 0.1) is 0 Å². The van der Waals surface area contributed by atoms with E-state index in [2.05, 4.69) is 0 Å². The van der Waals surface area contributed by atoms with Crippen molar-refractivity contribution in [3.63, 3.8) is 0 Å². The molecule has 3 nitrogen and oxygen atoms in total. The molecule has 6 heteroatoms. The van der Waals surface area contributed by atoms with E-state index in [1.165, 1.54) is 0 Å². The lowest BCUT2D eigenvalue weighted by Gasteiger charge is -2.08. The van der Waals surface area contributed by atoms with Gasteiger partial charge in [0.1, 0.15) is 0 Å². The van der Waals surface area contributed by atoms with Crippen molar-refractivity contribution in [2.75, 3.05) is 6.54 Å². The molecule has 0 radical (unpaired) electrons. The maximum absolute atomic E-state index is 12.0. The van der Waals surface area contributed by atoms with Gasteiger partial charge in [-0.1, -0.05) is 18.2 Å². The number of aromatic nitrogens is 1. The van der Waals surface area contributed by atoms with Crippen LogP contribution in [0.25, 0.3) is 10.9 Å². The smallest absolute Gasteiger partial charge is 0.348 e. The summed E-state index contributed by atoms with van der Waals surface area (Å²) in [7, 11) is 1.85. The number of para-hydroxylation sites is 1. The van der Waals surface area contributed by atoms with Crippen LogP contribution in [0.5, 0.6) is 0 Å². The number of amides is 1. The monoisotopic (exact) mass is 270 g/mol. The largest absolute Gasteiger partial charge is 0.471 e. The third-order valence-electron chi connectivity index (χ3n) is 2.98. The standard InChI is InChI=1S/C13H13F3N2O/c1-18-10(6-7-17-12(19)13(14,15)16)8-9-4-2-3-5-11(9)18/h2-5,8H,6-7H2,1H3,(H,17,19). The second-order valence-corrected chi connectivity index (χ2v) is 4.26. The fourth-order valence-electron chi connectivity index (χ4n) is 1.99. The molecule has 0 spiro atoms. The molecule has 0 aliphatic rings. The van der Waals surface area contributed by atoms with E-state index in [9.17, 15) is 18.0 Å². The third-order valence-corrected chi connectivity index (χ3v) is 2.98. The van der Waals surface area contributed by atoms with E-state index in [1.54, 1.807) is 0 Å². The number of rotatable bonds is 3. The predicted molar refractivity (Wildman–Crippen MR) is 65.7 cm³/mol. The number of nitrogens with one attached hydrogen (secondary N) is 1. The van der Waals surface area contributed by atoms with Crippen molar-refractivity contribution in [1.29, 1.82) is 0 Å². The highest BCUT2D eigenvalue weighted by atomic mass is 19.4. The van der Waals surface area contributed by atoms with Gasteiger partial charge in [0.2, 0.25) is 0 Å². The zero-order valence-corrected chi connectivity index (χ0v) is 10.3. The summed E-state index contributed by atoms with van der Waals surface area (Å²) in [6, 6.07) is 9.59. The van der Waals surface area contributed by atoms with Crippen molar-refractivity contribution < 1.29 is 18.0 Å². The molecule has 1 amide bonds. The van der Waals surface area contributed by atoms with Gasteiger partial charge in [0.05, 0.1) is 0 Å². The number of halogens is 3. The Bertz CT molecular complexity index is 601. The molecule has 0 unspecified atom stereocenters. The van der Waals surface area contributed by atoms with Gasteiger partial charge >= 0.3 is 12.1 Å². The molecule has 1 aromatic heterocycles. The van der Waals surface area contributed by atoms with E-state index in [0.717, 1.165) is 16.6 Å². The number of hydrogen-bond donors (Lipinski definition) is 1. The van der Waals surface area contributed by atoms with Crippen LogP contribution in [0.3, 0.4) is 0 Å². The summed E-state index contributed by atoms with van der Waals surface area (Å²) in [5.74, 6) is -1.90. The molecular weight excluding hydrogens is 257 g/mol. The summed E-state index contributed by atoms with van der Waals surface area (Å²) < 4.78 is 37.9. The number of alkyl halides is 3. The van der Waals surface area contributed by atoms with Crippen LogP contribution < -0.4 is 5.32 Å². The molecule has 0 saturated carbocycles. The van der Waals surface area contributed by atoms with Crippen molar-refractivity contribution in [1.82, 2.24) is 9.88 Å². The van der Waals surface area contributed by atoms with Crippen molar-refractivity contribution in [2.24, 2.45) is 7.05 Å². The summed E-state index contributed by atoms with van der Waals surface area (Å²) >= 11 is 0. The normalized spacial score (nSPS) is 11.8. The molecular formula is C13H13F3N2O. The maximum Gasteiger partial charge on any atom is 0.471 e. The molecule has 19 heavy (non-hydrogen) atoms. The van der Waals surface area contributed by atoms with E-state index in [0.29, 0.717) is 6.42 Å². The topological polar surface area (TPSA) is 34.0 Å². The lowest BCUT2D eigenvalue weighted by molar-refractivity contribution is -0.173. The highest BCUT2D eigenvalue weighted by Crippen LogP contribution is 2.18. The van der Waals surface area contributed by atoms with Gasteiger partial charge < -0.3 is 9.88 Å². The van der Waals surface area contributed by atoms with Crippen molar-refractivity contribution in [2.45, 2.75) is 12.6 Å². The number of aryl methyl sites for hydroxylation is 1. The van der Waals surface area contributed by atoms with Gasteiger partial charge in [0, 0.05) is 31.2 Å². The van der Waals surface area contributed by atoms with Crippen LogP contribution >= 0.6 is 0 Å². The van der Waals surface area contributed by atoms with Crippen LogP contribution in [0.4, 0.5) is 13.2 Å². The average Bonchev–Trinajstić information content (AvgIpc) is 2.66. The van der Waals surface area contributed by atoms with Gasteiger partial charge in [-0.2, -0.15) is 13.2 Å². The molecule has 0 saturated heterocycles. The number of carbonyl (C=O) groups excluding carboxylic acids is 1. The van der Waals surface area contributed by atoms with Gasteiger partial charge in [-0.25, -0.2) is 0 Å². The number of hydrogen-bond acceptors (Lipinski definition) is 1. The minimum atomic E-state index is -4.82. The Kier molecular flexibility index (Phi) is 3.50. The highest BCUT2D eigenvalue weighted by Gasteiger charge is 2.38. The Hall–Kier alpha value is -1.98. The summed E-state index contributed by atoms with van der Waals surface area (Å²) in [5.41, 5.74) is 1.89. The molecule has 102 valence electrons. The van der Waals surface area contributed by atoms with Crippen LogP contribution in [-0.2, 0) is 18.3 Å². The maximum atomic E-state index is 12.0. The summed E-state index contributed by atoms with van der Waals surface area (Å²) in [6.45, 7) is -0.0392. The predicted octanol–water partition coefficient (Wildman–Crippen LogP) is 2.40. The molecule has 0 aliphatic heterocycles. The Morgan fingerprint density at radius 3 is 2.63 bits per heavy atom. The molecule has 0 atom stereocenters. The molecule has 2 rings (SSSR count). The zero-order chi connectivity index (χ0) is 14.0. The SMILES string of the molecule is Cn1c(CCNC(=O)C(F)(F)F)cc2ccccc21. The van der Waals surface area contributed by atoms with Gasteiger partial charge in [0.25, 0.3) is 0 Å². The molecule has 1 N–H and O–H groups in total. The minimum Gasteiger partial charge on any atom is -0.348 e. The third kappa shape index (κ3) is 2.89. The first-order valence-electron chi connectivity index (χ1n) is 5.78. The lowest BCUT2D eigenvalue weighted by atomic mass is 10.2. The van der Waals surface area contributed by atoms with Gasteiger partial charge in [-0.15, -0.1) is 0 Å². The molecule has 0 aliphatic carbocycles. The van der Waals surface area contributed by atoms with E-state index >= 15 is 0 Å². The molecule has 1 aromatic carbocycles. The Balaban J connectivity index is 2.03. The van der Waals surface area contributed by atoms with Gasteiger partial charge in [-0.05, 0) is 17.5 Å². The second-order valence-electron chi connectivity index (χ2n) is 4.26. The quantitative estimate of drug-likeness (QED) is 0.913. The van der Waals surface area contributed by atoms with Crippen molar-refractivity contribution in [3.8, 4) is 0 Å². The molecule has 2 aromatic rings. The minimum absolute atomic E-state index is 0.0392. The average molecular weight is 270 g/mol. The fraction of sp³-hybridized carbons (Fsp3) is 0.308. The second kappa shape index (κ2) is 4.95. The van der Waals surface area contributed by atoms with E-state index in [1.807, 2.05) is 47.3 Å². The summed E-state index contributed by atoms with van der Waals surface area (Å²) in [5, 5.41) is 2.90. The Labute approximate surface area is 108 Å². The zero-order valence-electron chi connectivity index (χ0n) is 10.3. The Morgan fingerprint density at radius 1 is 1.32 bits per heavy atom. The van der Waals surface area contributed by atoms with E-state index in [4.69, 9.17) is 0 Å². The first-order valence-corrected chi connectivity index (χ1v) is 5.78. The van der Waals surface area contributed by atoms with Crippen molar-refractivity contribution >= 4 is 16.8 Å². The fourth-order valence-corrected chi connectivity index (χ4v) is 1.99. The number of carbonyl (C=O) groups is 1. The van der Waals surface area contributed by atoms with Crippen LogP contribution in [-0.4, -0.2) is 23.2 Å². The number of benzene rings is 1. The van der Waals surface area contributed by atoms with Gasteiger partial charge in [-0.3, -0.25) is 4.79 Å². The molecule has 0 bridgehead atoms. The molecule has 0 fully saturated rings.